The molecule has 0 bridgehead atoms. The molecular weight excluding hydrogens is 409 g/mol. The molecule has 2 aromatic carbocycles. The Hall–Kier alpha value is -2.48. The van der Waals surface area contributed by atoms with Crippen LogP contribution in [0, 0.1) is 5.82 Å². The number of carbonyl (C=O) groups is 2. The molecule has 0 radical (unpaired) electrons. The number of anilines is 1. The van der Waals surface area contributed by atoms with E-state index in [1.54, 1.807) is 0 Å². The van der Waals surface area contributed by atoms with E-state index in [0.29, 0.717) is 13.2 Å². The van der Waals surface area contributed by atoms with Crippen LogP contribution in [0.3, 0.4) is 0 Å². The molecule has 0 spiro atoms. The zero-order valence-corrected chi connectivity index (χ0v) is 17.3. The van der Waals surface area contributed by atoms with E-state index < -0.39 is 17.6 Å². The number of hydrogen-bond acceptors (Lipinski definition) is 4. The number of benzene rings is 2. The molecule has 0 aliphatic carbocycles. The van der Waals surface area contributed by atoms with Gasteiger partial charge in [0.1, 0.15) is 5.82 Å². The summed E-state index contributed by atoms with van der Waals surface area (Å²) in [4.78, 5) is 26.2. The lowest BCUT2D eigenvalue weighted by molar-refractivity contribution is -0.136. The van der Waals surface area contributed by atoms with Crippen molar-refractivity contribution in [3.8, 4) is 0 Å². The van der Waals surface area contributed by atoms with Gasteiger partial charge in [-0.25, -0.2) is 4.39 Å². The molecule has 3 rings (SSSR count). The second kappa shape index (κ2) is 11.1. The molecule has 6 nitrogen and oxygen atoms in total. The Morgan fingerprint density at radius 1 is 1.13 bits per heavy atom. The van der Waals surface area contributed by atoms with Crippen LogP contribution in [-0.2, 0) is 14.3 Å². The number of halogens is 2. The zero-order chi connectivity index (χ0) is 21.3. The molecule has 2 amide bonds. The van der Waals surface area contributed by atoms with Crippen molar-refractivity contribution in [2.24, 2.45) is 0 Å². The van der Waals surface area contributed by atoms with Gasteiger partial charge >= 0.3 is 11.8 Å². The van der Waals surface area contributed by atoms with Crippen LogP contribution in [-0.4, -0.2) is 49.5 Å². The minimum atomic E-state index is -0.809. The van der Waals surface area contributed by atoms with Gasteiger partial charge in [0.05, 0.1) is 17.7 Å². The average Bonchev–Trinajstić information content (AvgIpc) is 2.76. The first-order valence-electron chi connectivity index (χ1n) is 9.96. The van der Waals surface area contributed by atoms with Crippen LogP contribution < -0.4 is 10.6 Å². The van der Waals surface area contributed by atoms with Gasteiger partial charge in [-0.15, -0.1) is 0 Å². The molecule has 0 unspecified atom stereocenters. The summed E-state index contributed by atoms with van der Waals surface area (Å²) in [5, 5.41) is 4.88. The summed E-state index contributed by atoms with van der Waals surface area (Å²) in [6.45, 7) is 3.74. The zero-order valence-electron chi connectivity index (χ0n) is 16.6. The summed E-state index contributed by atoms with van der Waals surface area (Å²) in [5.74, 6) is -2.13. The Labute approximate surface area is 180 Å². The molecule has 2 N–H and O–H groups in total. The van der Waals surface area contributed by atoms with Crippen molar-refractivity contribution in [2.75, 3.05) is 38.1 Å². The van der Waals surface area contributed by atoms with Gasteiger partial charge in [-0.2, -0.15) is 0 Å². The quantitative estimate of drug-likeness (QED) is 0.518. The molecule has 2 aromatic rings. The summed E-state index contributed by atoms with van der Waals surface area (Å²) in [7, 11) is 0. The molecule has 1 fully saturated rings. The molecular formula is C22H25ClFN3O3. The van der Waals surface area contributed by atoms with Crippen LogP contribution >= 0.6 is 11.6 Å². The molecule has 0 saturated carbocycles. The van der Waals surface area contributed by atoms with Crippen LogP contribution in [0.2, 0.25) is 5.02 Å². The molecule has 1 saturated heterocycles. The standard InChI is InChI=1S/C22H25ClFN3O3/c23-18-14-17(8-9-19(18)24)26-22(29)21(28)25-10-4-5-11-27-12-13-30-20(15-27)16-6-2-1-3-7-16/h1-3,6-9,14,20H,4-5,10-13,15H2,(H,25,28)(H,26,29)/t20-/m0/s1. The molecule has 1 heterocycles. The van der Waals surface area contributed by atoms with Gasteiger partial charge in [0, 0.05) is 25.3 Å². The van der Waals surface area contributed by atoms with Crippen LogP contribution in [0.15, 0.2) is 48.5 Å². The number of rotatable bonds is 7. The third kappa shape index (κ3) is 6.52. The average molecular weight is 434 g/mol. The van der Waals surface area contributed by atoms with Crippen molar-refractivity contribution in [1.29, 1.82) is 0 Å². The first-order chi connectivity index (χ1) is 14.5. The summed E-state index contributed by atoms with van der Waals surface area (Å²) in [6.07, 6.45) is 1.74. The second-order valence-corrected chi connectivity index (χ2v) is 7.52. The first kappa shape index (κ1) is 22.2. The van der Waals surface area contributed by atoms with Crippen LogP contribution in [0.25, 0.3) is 0 Å². The number of amides is 2. The van der Waals surface area contributed by atoms with E-state index in [0.717, 1.165) is 38.5 Å². The summed E-state index contributed by atoms with van der Waals surface area (Å²) in [5.41, 5.74) is 1.45. The number of carbonyl (C=O) groups excluding carboxylic acids is 2. The highest BCUT2D eigenvalue weighted by Gasteiger charge is 2.21. The van der Waals surface area contributed by atoms with Crippen LogP contribution in [0.1, 0.15) is 24.5 Å². The van der Waals surface area contributed by atoms with E-state index in [4.69, 9.17) is 16.3 Å². The Bertz CT molecular complexity index is 866. The van der Waals surface area contributed by atoms with E-state index in [9.17, 15) is 14.0 Å². The molecule has 30 heavy (non-hydrogen) atoms. The number of nitrogens with zero attached hydrogens (tertiary/aromatic N) is 1. The smallest absolute Gasteiger partial charge is 0.313 e. The second-order valence-electron chi connectivity index (χ2n) is 7.12. The van der Waals surface area contributed by atoms with Crippen molar-refractivity contribution in [1.82, 2.24) is 10.2 Å². The van der Waals surface area contributed by atoms with Crippen LogP contribution in [0.5, 0.6) is 0 Å². The molecule has 0 aromatic heterocycles. The van der Waals surface area contributed by atoms with Gasteiger partial charge < -0.3 is 15.4 Å². The maximum atomic E-state index is 13.1. The fourth-order valence-corrected chi connectivity index (χ4v) is 3.46. The minimum absolute atomic E-state index is 0.0864. The van der Waals surface area contributed by atoms with Crippen molar-refractivity contribution in [2.45, 2.75) is 18.9 Å². The molecule has 1 aliphatic heterocycles. The van der Waals surface area contributed by atoms with Crippen molar-refractivity contribution >= 4 is 29.1 Å². The van der Waals surface area contributed by atoms with E-state index >= 15 is 0 Å². The topological polar surface area (TPSA) is 70.7 Å². The fourth-order valence-electron chi connectivity index (χ4n) is 3.28. The number of nitrogens with one attached hydrogen (secondary N) is 2. The third-order valence-electron chi connectivity index (χ3n) is 4.89. The highest BCUT2D eigenvalue weighted by Crippen LogP contribution is 2.22. The lowest BCUT2D eigenvalue weighted by Crippen LogP contribution is -2.39. The molecule has 8 heteroatoms. The number of morpholine rings is 1. The third-order valence-corrected chi connectivity index (χ3v) is 5.18. The number of unbranched alkanes of at least 4 members (excludes halogenated alkanes) is 1. The number of hydrogen-bond donors (Lipinski definition) is 2. The molecule has 1 atom stereocenters. The predicted molar refractivity (Wildman–Crippen MR) is 114 cm³/mol. The van der Waals surface area contributed by atoms with Crippen LogP contribution in [0.4, 0.5) is 10.1 Å². The van der Waals surface area contributed by atoms with E-state index in [1.165, 1.54) is 17.7 Å². The van der Waals surface area contributed by atoms with Gasteiger partial charge in [0.2, 0.25) is 0 Å². The lowest BCUT2D eigenvalue weighted by atomic mass is 10.1. The predicted octanol–water partition coefficient (Wildman–Crippen LogP) is 3.39. The van der Waals surface area contributed by atoms with Gasteiger partial charge in [-0.3, -0.25) is 14.5 Å². The minimum Gasteiger partial charge on any atom is -0.371 e. The number of ether oxygens (including phenoxy) is 1. The maximum Gasteiger partial charge on any atom is 0.313 e. The van der Waals surface area contributed by atoms with Crippen molar-refractivity contribution < 1.29 is 18.7 Å². The van der Waals surface area contributed by atoms with E-state index in [1.807, 2.05) is 18.2 Å². The van der Waals surface area contributed by atoms with E-state index in [2.05, 4.69) is 27.7 Å². The highest BCUT2D eigenvalue weighted by molar-refractivity contribution is 6.39. The maximum absolute atomic E-state index is 13.1. The Morgan fingerprint density at radius 3 is 2.70 bits per heavy atom. The Balaban J connectivity index is 1.33. The summed E-state index contributed by atoms with van der Waals surface area (Å²) < 4.78 is 19.0. The molecule has 1 aliphatic rings. The summed E-state index contributed by atoms with van der Waals surface area (Å²) >= 11 is 5.66. The van der Waals surface area contributed by atoms with Gasteiger partial charge in [0.25, 0.3) is 0 Å². The normalized spacial score (nSPS) is 16.8. The molecule has 160 valence electrons. The highest BCUT2D eigenvalue weighted by atomic mass is 35.5. The Morgan fingerprint density at radius 2 is 1.93 bits per heavy atom. The lowest BCUT2D eigenvalue weighted by Gasteiger charge is -2.33. The van der Waals surface area contributed by atoms with Gasteiger partial charge in [-0.1, -0.05) is 41.9 Å². The SMILES string of the molecule is O=C(NCCCCN1CCO[C@H](c2ccccc2)C1)C(=O)Nc1ccc(F)c(Cl)c1. The van der Waals surface area contributed by atoms with Crippen molar-refractivity contribution in [3.05, 3.63) is 64.9 Å². The largest absolute Gasteiger partial charge is 0.371 e. The van der Waals surface area contributed by atoms with Gasteiger partial charge in [0.15, 0.2) is 0 Å². The fraction of sp³-hybridized carbons (Fsp3) is 0.364. The summed E-state index contributed by atoms with van der Waals surface area (Å²) in [6, 6.07) is 13.9. The van der Waals surface area contributed by atoms with Crippen molar-refractivity contribution in [3.63, 3.8) is 0 Å². The van der Waals surface area contributed by atoms with Gasteiger partial charge in [-0.05, 0) is 43.1 Å². The van der Waals surface area contributed by atoms with E-state index in [-0.39, 0.29) is 16.8 Å². The first-order valence-corrected chi connectivity index (χ1v) is 10.3. The Kier molecular flexibility index (Phi) is 8.19. The monoisotopic (exact) mass is 433 g/mol.